The van der Waals surface area contributed by atoms with Crippen molar-refractivity contribution in [3.8, 4) is 0 Å². The predicted molar refractivity (Wildman–Crippen MR) is 96.3 cm³/mol. The molecule has 1 aromatic heterocycles. The lowest BCUT2D eigenvalue weighted by molar-refractivity contribution is -0.132. The van der Waals surface area contributed by atoms with E-state index in [0.717, 1.165) is 38.2 Å². The van der Waals surface area contributed by atoms with E-state index in [1.54, 1.807) is 0 Å². The molecule has 0 spiro atoms. The van der Waals surface area contributed by atoms with Crippen LogP contribution < -0.4 is 0 Å². The molecular weight excluding hydrogens is 314 g/mol. The summed E-state index contributed by atoms with van der Waals surface area (Å²) in [4.78, 5) is 14.6. The molecule has 3 rings (SSSR count). The van der Waals surface area contributed by atoms with Gasteiger partial charge in [-0.2, -0.15) is 0 Å². The molecule has 134 valence electrons. The molecule has 1 amide bonds. The molecule has 1 fully saturated rings. The third-order valence-electron chi connectivity index (χ3n) is 5.26. The monoisotopic (exact) mass is 341 g/mol. The van der Waals surface area contributed by atoms with Crippen LogP contribution in [0.5, 0.6) is 0 Å². The van der Waals surface area contributed by atoms with E-state index >= 15 is 0 Å². The van der Waals surface area contributed by atoms with Crippen LogP contribution in [0, 0.1) is 6.92 Å². The summed E-state index contributed by atoms with van der Waals surface area (Å²) >= 11 is 0. The fourth-order valence-corrected chi connectivity index (χ4v) is 3.46. The first-order chi connectivity index (χ1) is 12.0. The highest BCUT2D eigenvalue weighted by Gasteiger charge is 2.28. The highest BCUT2D eigenvalue weighted by Crippen LogP contribution is 2.30. The molecule has 0 unspecified atom stereocenters. The van der Waals surface area contributed by atoms with E-state index in [2.05, 4.69) is 48.3 Å². The second-order valence-corrected chi connectivity index (χ2v) is 7.56. The van der Waals surface area contributed by atoms with Gasteiger partial charge in [-0.1, -0.05) is 44.2 Å². The number of carbonyl (C=O) groups excluding carboxylic acids is 1. The highest BCUT2D eigenvalue weighted by atomic mass is 16.4. The molecule has 0 aliphatic carbocycles. The molecule has 2 heterocycles. The maximum atomic E-state index is 12.6. The van der Waals surface area contributed by atoms with Crippen molar-refractivity contribution in [2.24, 2.45) is 0 Å². The number of likely N-dealkylation sites (tertiary alicyclic amines) is 1. The summed E-state index contributed by atoms with van der Waals surface area (Å²) in [6, 6.07) is 10.4. The predicted octanol–water partition coefficient (Wildman–Crippen LogP) is 3.84. The minimum absolute atomic E-state index is 0.0104. The zero-order chi connectivity index (χ0) is 17.9. The third kappa shape index (κ3) is 4.27. The molecule has 1 aliphatic rings. The fourth-order valence-electron chi connectivity index (χ4n) is 3.46. The largest absolute Gasteiger partial charge is 0.425 e. The molecule has 2 aromatic rings. The minimum Gasteiger partial charge on any atom is -0.425 e. The topological polar surface area (TPSA) is 59.2 Å². The summed E-state index contributed by atoms with van der Waals surface area (Å²) in [6.45, 7) is 7.77. The molecule has 1 aliphatic heterocycles. The molecule has 0 bridgehead atoms. The first kappa shape index (κ1) is 17.6. The van der Waals surface area contributed by atoms with Crippen molar-refractivity contribution in [2.75, 3.05) is 13.1 Å². The number of piperidine rings is 1. The van der Waals surface area contributed by atoms with Gasteiger partial charge in [-0.05, 0) is 30.2 Å². The van der Waals surface area contributed by atoms with Crippen LogP contribution in [-0.4, -0.2) is 34.1 Å². The van der Waals surface area contributed by atoms with Crippen molar-refractivity contribution in [3.05, 3.63) is 47.7 Å². The number of benzene rings is 1. The van der Waals surface area contributed by atoms with Crippen molar-refractivity contribution in [3.63, 3.8) is 0 Å². The van der Waals surface area contributed by atoms with Crippen LogP contribution in [-0.2, 0) is 10.2 Å². The van der Waals surface area contributed by atoms with Gasteiger partial charge in [0.2, 0.25) is 17.7 Å². The van der Waals surface area contributed by atoms with Gasteiger partial charge in [0.25, 0.3) is 0 Å². The maximum Gasteiger partial charge on any atom is 0.222 e. The summed E-state index contributed by atoms with van der Waals surface area (Å²) in [5.41, 5.74) is 1.30. The van der Waals surface area contributed by atoms with Crippen LogP contribution in [0.3, 0.4) is 0 Å². The smallest absolute Gasteiger partial charge is 0.222 e. The number of nitrogens with zero attached hydrogens (tertiary/aromatic N) is 3. The first-order valence-electron chi connectivity index (χ1n) is 9.09. The Morgan fingerprint density at radius 2 is 1.88 bits per heavy atom. The van der Waals surface area contributed by atoms with Gasteiger partial charge < -0.3 is 9.32 Å². The molecule has 0 N–H and O–H groups in total. The van der Waals surface area contributed by atoms with Gasteiger partial charge >= 0.3 is 0 Å². The molecule has 0 atom stereocenters. The Morgan fingerprint density at radius 3 is 2.48 bits per heavy atom. The van der Waals surface area contributed by atoms with Crippen molar-refractivity contribution >= 4 is 5.91 Å². The van der Waals surface area contributed by atoms with Crippen LogP contribution in [0.1, 0.15) is 62.8 Å². The van der Waals surface area contributed by atoms with Crippen LogP contribution in [0.15, 0.2) is 34.7 Å². The van der Waals surface area contributed by atoms with E-state index in [4.69, 9.17) is 4.42 Å². The minimum atomic E-state index is 0.0104. The normalized spacial score (nSPS) is 16.2. The van der Waals surface area contributed by atoms with Gasteiger partial charge in [-0.3, -0.25) is 4.79 Å². The molecule has 1 aromatic carbocycles. The SMILES string of the molecule is Cc1nnc(C2CCN(C(=O)CCC(C)(C)c3ccccc3)CC2)o1. The molecule has 5 heteroatoms. The Balaban J connectivity index is 1.50. The van der Waals surface area contributed by atoms with E-state index in [-0.39, 0.29) is 17.2 Å². The first-order valence-corrected chi connectivity index (χ1v) is 9.09. The Morgan fingerprint density at radius 1 is 1.20 bits per heavy atom. The summed E-state index contributed by atoms with van der Waals surface area (Å²) in [5, 5.41) is 8.03. The van der Waals surface area contributed by atoms with Crippen molar-refractivity contribution in [1.82, 2.24) is 15.1 Å². The number of amides is 1. The van der Waals surface area contributed by atoms with Gasteiger partial charge in [0.1, 0.15) is 0 Å². The molecule has 0 saturated carbocycles. The summed E-state index contributed by atoms with van der Waals surface area (Å²) in [7, 11) is 0. The second-order valence-electron chi connectivity index (χ2n) is 7.56. The van der Waals surface area contributed by atoms with Crippen molar-refractivity contribution < 1.29 is 9.21 Å². The van der Waals surface area contributed by atoms with E-state index in [1.165, 1.54) is 5.56 Å². The Labute approximate surface area is 149 Å². The fraction of sp³-hybridized carbons (Fsp3) is 0.550. The lowest BCUT2D eigenvalue weighted by Gasteiger charge is -2.32. The number of carbonyl (C=O) groups is 1. The number of aryl methyl sites for hydroxylation is 1. The van der Waals surface area contributed by atoms with Gasteiger partial charge in [-0.25, -0.2) is 0 Å². The van der Waals surface area contributed by atoms with Crippen LogP contribution >= 0.6 is 0 Å². The Hall–Kier alpha value is -2.17. The van der Waals surface area contributed by atoms with E-state index < -0.39 is 0 Å². The molecule has 5 nitrogen and oxygen atoms in total. The lowest BCUT2D eigenvalue weighted by atomic mass is 9.80. The number of rotatable bonds is 5. The average Bonchev–Trinajstić information content (AvgIpc) is 3.07. The van der Waals surface area contributed by atoms with E-state index in [9.17, 15) is 4.79 Å². The molecular formula is C20H27N3O2. The lowest BCUT2D eigenvalue weighted by Crippen LogP contribution is -2.38. The molecule has 1 saturated heterocycles. The van der Waals surface area contributed by atoms with E-state index in [1.807, 2.05) is 17.9 Å². The summed E-state index contributed by atoms with van der Waals surface area (Å²) < 4.78 is 5.53. The summed E-state index contributed by atoms with van der Waals surface area (Å²) in [6.07, 6.45) is 3.25. The average molecular weight is 341 g/mol. The zero-order valence-corrected chi connectivity index (χ0v) is 15.4. The standard InChI is InChI=1S/C20H27N3O2/c1-15-21-22-19(25-15)16-10-13-23(14-11-16)18(24)9-12-20(2,3)17-7-5-4-6-8-17/h4-8,16H,9-14H2,1-3H3. The molecule has 25 heavy (non-hydrogen) atoms. The second kappa shape index (κ2) is 7.38. The Bertz CT molecular complexity index is 701. The Kier molecular flexibility index (Phi) is 5.21. The van der Waals surface area contributed by atoms with Crippen molar-refractivity contribution in [1.29, 1.82) is 0 Å². The van der Waals surface area contributed by atoms with Gasteiger partial charge in [0.15, 0.2) is 0 Å². The van der Waals surface area contributed by atoms with Crippen LogP contribution in [0.4, 0.5) is 0 Å². The highest BCUT2D eigenvalue weighted by molar-refractivity contribution is 5.76. The van der Waals surface area contributed by atoms with Gasteiger partial charge in [-0.15, -0.1) is 10.2 Å². The van der Waals surface area contributed by atoms with E-state index in [0.29, 0.717) is 12.3 Å². The number of aromatic nitrogens is 2. The quantitative estimate of drug-likeness (QED) is 0.829. The maximum absolute atomic E-state index is 12.6. The van der Waals surface area contributed by atoms with Crippen LogP contribution in [0.2, 0.25) is 0 Å². The van der Waals surface area contributed by atoms with Gasteiger partial charge in [0, 0.05) is 32.4 Å². The molecule has 0 radical (unpaired) electrons. The number of hydrogen-bond acceptors (Lipinski definition) is 4. The van der Waals surface area contributed by atoms with Crippen LogP contribution in [0.25, 0.3) is 0 Å². The van der Waals surface area contributed by atoms with Crippen molar-refractivity contribution in [2.45, 2.75) is 57.8 Å². The summed E-state index contributed by atoms with van der Waals surface area (Å²) in [5.74, 6) is 1.86. The zero-order valence-electron chi connectivity index (χ0n) is 15.4. The third-order valence-corrected chi connectivity index (χ3v) is 5.26. The van der Waals surface area contributed by atoms with Gasteiger partial charge in [0.05, 0.1) is 0 Å². The number of hydrogen-bond donors (Lipinski definition) is 0.